The molecule has 0 aliphatic heterocycles. The molecule has 0 amide bonds. The third-order valence-corrected chi connectivity index (χ3v) is 1.68. The van der Waals surface area contributed by atoms with Crippen LogP contribution < -0.4 is 0 Å². The Kier molecular flexibility index (Phi) is 4.70. The minimum atomic E-state index is 0.495. The monoisotopic (exact) mass is 155 g/mol. The first kappa shape index (κ1) is 6.91. The molecular formula is C4H8ClZn. The summed E-state index contributed by atoms with van der Waals surface area (Å²) in [5.74, 6) is 0. The summed E-state index contributed by atoms with van der Waals surface area (Å²) in [5, 5.41) is 0. The van der Waals surface area contributed by atoms with Crippen molar-refractivity contribution in [2.45, 2.75) is 23.7 Å². The van der Waals surface area contributed by atoms with Crippen LogP contribution in [0.2, 0.25) is 0 Å². The van der Waals surface area contributed by atoms with Crippen molar-refractivity contribution in [2.24, 2.45) is 0 Å². The van der Waals surface area contributed by atoms with Gasteiger partial charge in [-0.1, -0.05) is 0 Å². The van der Waals surface area contributed by atoms with Crippen LogP contribution in [0.25, 0.3) is 0 Å². The molecular weight excluding hydrogens is 149 g/mol. The molecule has 0 nitrogen and oxygen atoms in total. The molecule has 6 heavy (non-hydrogen) atoms. The van der Waals surface area contributed by atoms with Crippen molar-refractivity contribution in [3.05, 3.63) is 0 Å². The number of hydrogen-bond acceptors (Lipinski definition) is 0. The van der Waals surface area contributed by atoms with Gasteiger partial charge < -0.3 is 0 Å². The number of alkyl halides is 1. The zero-order valence-electron chi connectivity index (χ0n) is 4.08. The molecule has 0 aromatic heterocycles. The van der Waals surface area contributed by atoms with Gasteiger partial charge in [-0.15, -0.1) is 0 Å². The summed E-state index contributed by atoms with van der Waals surface area (Å²) in [4.78, 5) is 0. The maximum atomic E-state index is 5.63. The molecule has 0 aromatic rings. The van der Waals surface area contributed by atoms with Crippen LogP contribution in [0.15, 0.2) is 0 Å². The Morgan fingerprint density at radius 2 is 2.33 bits per heavy atom. The standard InChI is InChI=1S/C4H8Cl.Zn/c1-2-3-4-5;/h4H,2-3H2,1H3;. The zero-order chi connectivity index (χ0) is 4.99. The van der Waals surface area contributed by atoms with Gasteiger partial charge in [-0.2, -0.15) is 0 Å². The fourth-order valence-corrected chi connectivity index (χ4v) is 1.39. The Morgan fingerprint density at radius 3 is 2.33 bits per heavy atom. The van der Waals surface area contributed by atoms with E-state index in [9.17, 15) is 0 Å². The van der Waals surface area contributed by atoms with Gasteiger partial charge in [0, 0.05) is 0 Å². The second-order valence-corrected chi connectivity index (χ2v) is 5.16. The summed E-state index contributed by atoms with van der Waals surface area (Å²) in [7, 11) is 0. The first-order chi connectivity index (χ1) is 2.77. The van der Waals surface area contributed by atoms with Crippen molar-refractivity contribution in [1.82, 2.24) is 0 Å². The van der Waals surface area contributed by atoms with E-state index in [-0.39, 0.29) is 0 Å². The van der Waals surface area contributed by atoms with Gasteiger partial charge in [0.25, 0.3) is 0 Å². The summed E-state index contributed by atoms with van der Waals surface area (Å²) in [6.07, 6.45) is 2.43. The third-order valence-electron chi connectivity index (χ3n) is 0.602. The Bertz CT molecular complexity index is 28.7. The van der Waals surface area contributed by atoms with E-state index in [0.717, 1.165) is 0 Å². The fourth-order valence-electron chi connectivity index (χ4n) is 0.313. The van der Waals surface area contributed by atoms with Crippen molar-refractivity contribution in [1.29, 1.82) is 0 Å². The van der Waals surface area contributed by atoms with E-state index in [1.807, 2.05) is 0 Å². The molecule has 0 bridgehead atoms. The maximum absolute atomic E-state index is 5.63. The topological polar surface area (TPSA) is 0 Å². The van der Waals surface area contributed by atoms with Crippen molar-refractivity contribution in [3.63, 3.8) is 0 Å². The van der Waals surface area contributed by atoms with Crippen LogP contribution in [0.4, 0.5) is 0 Å². The summed E-state index contributed by atoms with van der Waals surface area (Å²) in [5.41, 5.74) is 0. The van der Waals surface area contributed by atoms with Gasteiger partial charge in [0.1, 0.15) is 0 Å². The Balaban J connectivity index is 2.63. The first-order valence-electron chi connectivity index (χ1n) is 2.24. The SMILES string of the molecule is CCC[CH](Cl)[Zn]. The van der Waals surface area contributed by atoms with Crippen molar-refractivity contribution < 1.29 is 18.3 Å². The van der Waals surface area contributed by atoms with Crippen LogP contribution in [0.3, 0.4) is 0 Å². The summed E-state index contributed by atoms with van der Waals surface area (Å²) >= 11 is 6.86. The summed E-state index contributed by atoms with van der Waals surface area (Å²) < 4.78 is 0.495. The van der Waals surface area contributed by atoms with Gasteiger partial charge in [-0.05, 0) is 0 Å². The zero-order valence-corrected chi connectivity index (χ0v) is 7.80. The molecule has 0 aromatic carbocycles. The first-order valence-corrected chi connectivity index (χ1v) is 4.39. The van der Waals surface area contributed by atoms with Gasteiger partial charge in [0.15, 0.2) is 0 Å². The molecule has 0 spiro atoms. The average molecular weight is 157 g/mol. The number of rotatable bonds is 2. The Hall–Kier alpha value is 0.913. The van der Waals surface area contributed by atoms with E-state index in [1.165, 1.54) is 31.1 Å². The molecule has 0 radical (unpaired) electrons. The number of halogens is 1. The van der Waals surface area contributed by atoms with Gasteiger partial charge in [0.2, 0.25) is 0 Å². The van der Waals surface area contributed by atoms with Gasteiger partial charge >= 0.3 is 53.6 Å². The van der Waals surface area contributed by atoms with Crippen LogP contribution in [-0.2, 0) is 18.3 Å². The van der Waals surface area contributed by atoms with E-state index in [4.69, 9.17) is 11.6 Å². The quantitative estimate of drug-likeness (QED) is 0.424. The molecule has 0 N–H and O–H groups in total. The van der Waals surface area contributed by atoms with Crippen LogP contribution in [0, 0.1) is 0 Å². The van der Waals surface area contributed by atoms with Gasteiger partial charge in [-0.3, -0.25) is 0 Å². The van der Waals surface area contributed by atoms with Crippen LogP contribution >= 0.6 is 11.6 Å². The van der Waals surface area contributed by atoms with E-state index in [2.05, 4.69) is 6.92 Å². The summed E-state index contributed by atoms with van der Waals surface area (Å²) in [6, 6.07) is 0. The molecule has 0 heterocycles. The normalized spacial score (nSPS) is 14.7. The molecule has 0 aliphatic rings. The van der Waals surface area contributed by atoms with E-state index < -0.39 is 0 Å². The second-order valence-electron chi connectivity index (χ2n) is 1.39. The second kappa shape index (κ2) is 4.08. The number of hydrogen-bond donors (Lipinski definition) is 0. The van der Waals surface area contributed by atoms with E-state index in [1.54, 1.807) is 0 Å². The molecule has 0 saturated heterocycles. The van der Waals surface area contributed by atoms with Crippen molar-refractivity contribution in [2.75, 3.05) is 0 Å². The molecule has 0 rings (SSSR count). The van der Waals surface area contributed by atoms with Crippen LogP contribution in [-0.4, -0.2) is 3.97 Å². The Labute approximate surface area is 53.9 Å². The molecule has 0 saturated carbocycles. The fraction of sp³-hybridized carbons (Fsp3) is 1.00. The molecule has 2 heteroatoms. The minimum absolute atomic E-state index is 0.495. The predicted octanol–water partition coefficient (Wildman–Crippen LogP) is 1.90. The predicted molar refractivity (Wildman–Crippen MR) is 24.5 cm³/mol. The van der Waals surface area contributed by atoms with Crippen molar-refractivity contribution >= 4 is 11.6 Å². The molecule has 33 valence electrons. The van der Waals surface area contributed by atoms with Crippen LogP contribution in [0.5, 0.6) is 0 Å². The van der Waals surface area contributed by atoms with Crippen molar-refractivity contribution in [3.8, 4) is 0 Å². The molecule has 0 aliphatic carbocycles. The van der Waals surface area contributed by atoms with E-state index in [0.29, 0.717) is 3.97 Å². The third kappa shape index (κ3) is 4.91. The van der Waals surface area contributed by atoms with Crippen LogP contribution in [0.1, 0.15) is 19.8 Å². The summed E-state index contributed by atoms with van der Waals surface area (Å²) in [6.45, 7) is 2.16. The average Bonchev–Trinajstić information content (AvgIpc) is 1.35. The molecule has 1 unspecified atom stereocenters. The van der Waals surface area contributed by atoms with Gasteiger partial charge in [0.05, 0.1) is 0 Å². The Morgan fingerprint density at radius 1 is 1.83 bits per heavy atom. The van der Waals surface area contributed by atoms with Gasteiger partial charge in [-0.25, -0.2) is 0 Å². The van der Waals surface area contributed by atoms with E-state index >= 15 is 0 Å². The molecule has 0 fully saturated rings. The molecule has 1 atom stereocenters.